The predicted molar refractivity (Wildman–Crippen MR) is 183 cm³/mol. The molecule has 3 aromatic heterocycles. The first-order chi connectivity index (χ1) is 26.3. The van der Waals surface area contributed by atoms with Gasteiger partial charge in [0.25, 0.3) is 0 Å². The quantitative estimate of drug-likeness (QED) is 0.168. The van der Waals surface area contributed by atoms with E-state index in [9.17, 15) is 57.9 Å². The molecule has 0 fully saturated rings. The fourth-order valence-corrected chi connectivity index (χ4v) is 7.08. The molecule has 0 bridgehead atoms. The minimum atomic E-state index is -4.91. The molecule has 282 valence electrons. The van der Waals surface area contributed by atoms with Crippen molar-refractivity contribution in [1.29, 1.82) is 5.26 Å². The average molecular weight is 783 g/mol. The third-order valence-electron chi connectivity index (χ3n) is 9.51. The zero-order valence-corrected chi connectivity index (χ0v) is 27.7. The van der Waals surface area contributed by atoms with Gasteiger partial charge in [-0.3, -0.25) is 4.98 Å². The molecule has 5 aromatic carbocycles. The molecule has 0 N–H and O–H groups in total. The Kier molecular flexibility index (Phi) is 7.98. The number of pyridine rings is 1. The van der Waals surface area contributed by atoms with Gasteiger partial charge in [-0.15, -0.1) is 0 Å². The number of hydrogen-bond donors (Lipinski definition) is 0. The van der Waals surface area contributed by atoms with Crippen molar-refractivity contribution in [2.24, 2.45) is 0 Å². The number of fused-ring (bicyclic) bond motifs is 6. The SMILES string of the molecule is N#Cc1cccc(-c2c(-n3c4cc(C(F)(F)F)ccc4c4ccc(C(F)(F)F)cc43)cncc2-n2c3cc(C(F)(F)F)ccc3c3ccc(C(F)(F)F)cc32)c1. The lowest BCUT2D eigenvalue weighted by atomic mass is 10.0. The molecule has 0 amide bonds. The summed E-state index contributed by atoms with van der Waals surface area (Å²) in [5.41, 5.74) is -6.02. The molecular formula is C40H18F12N4. The van der Waals surface area contributed by atoms with Crippen LogP contribution in [0.25, 0.3) is 66.1 Å². The van der Waals surface area contributed by atoms with E-state index < -0.39 is 47.0 Å². The Morgan fingerprint density at radius 2 is 0.786 bits per heavy atom. The third kappa shape index (κ3) is 5.94. The van der Waals surface area contributed by atoms with Crippen LogP contribution in [0.5, 0.6) is 0 Å². The van der Waals surface area contributed by atoms with Crippen molar-refractivity contribution in [3.05, 3.63) is 137 Å². The molecule has 3 heterocycles. The van der Waals surface area contributed by atoms with Crippen molar-refractivity contribution >= 4 is 43.6 Å². The first kappa shape index (κ1) is 36.5. The monoisotopic (exact) mass is 782 g/mol. The highest BCUT2D eigenvalue weighted by atomic mass is 19.4. The minimum Gasteiger partial charge on any atom is -0.307 e. The summed E-state index contributed by atoms with van der Waals surface area (Å²) >= 11 is 0. The van der Waals surface area contributed by atoms with Crippen LogP contribution in [0.1, 0.15) is 27.8 Å². The number of halogens is 12. The summed E-state index contributed by atoms with van der Waals surface area (Å²) < 4.78 is 172. The maximum Gasteiger partial charge on any atom is 0.416 e. The van der Waals surface area contributed by atoms with Crippen molar-refractivity contribution in [1.82, 2.24) is 14.1 Å². The van der Waals surface area contributed by atoms with E-state index in [0.717, 1.165) is 94.3 Å². The highest BCUT2D eigenvalue weighted by molar-refractivity contribution is 6.12. The second-order valence-electron chi connectivity index (χ2n) is 12.8. The van der Waals surface area contributed by atoms with Crippen molar-refractivity contribution < 1.29 is 52.7 Å². The molecule has 0 radical (unpaired) electrons. The molecule has 0 saturated carbocycles. The molecule has 0 aliphatic rings. The van der Waals surface area contributed by atoms with Crippen LogP contribution in [0.2, 0.25) is 0 Å². The van der Waals surface area contributed by atoms with E-state index in [2.05, 4.69) is 4.98 Å². The Morgan fingerprint density at radius 1 is 0.446 bits per heavy atom. The summed E-state index contributed by atoms with van der Waals surface area (Å²) in [6.07, 6.45) is -17.4. The van der Waals surface area contributed by atoms with Crippen LogP contribution in [0, 0.1) is 11.3 Å². The third-order valence-corrected chi connectivity index (χ3v) is 9.51. The molecule has 4 nitrogen and oxygen atoms in total. The van der Waals surface area contributed by atoms with Gasteiger partial charge in [-0.25, -0.2) is 0 Å². The lowest BCUT2D eigenvalue weighted by Crippen LogP contribution is -2.09. The molecule has 0 saturated heterocycles. The van der Waals surface area contributed by atoms with Gasteiger partial charge in [-0.2, -0.15) is 57.9 Å². The summed E-state index contributed by atoms with van der Waals surface area (Å²) in [5.74, 6) is 0. The van der Waals surface area contributed by atoms with E-state index in [0.29, 0.717) is 0 Å². The minimum absolute atomic E-state index is 0.0260. The zero-order chi connectivity index (χ0) is 40.1. The average Bonchev–Trinajstić information content (AvgIpc) is 3.64. The summed E-state index contributed by atoms with van der Waals surface area (Å²) in [6.45, 7) is 0. The Hall–Kier alpha value is -6.50. The van der Waals surface area contributed by atoms with Crippen molar-refractivity contribution in [3.8, 4) is 28.6 Å². The molecule has 0 aliphatic carbocycles. The molecule has 8 rings (SSSR count). The maximum absolute atomic E-state index is 14.2. The second-order valence-corrected chi connectivity index (χ2v) is 12.8. The first-order valence-corrected chi connectivity index (χ1v) is 16.2. The van der Waals surface area contributed by atoms with Crippen LogP contribution in [0.15, 0.2) is 109 Å². The Labute approximate surface area is 306 Å². The van der Waals surface area contributed by atoms with Gasteiger partial charge in [0.1, 0.15) is 0 Å². The molecule has 0 atom stereocenters. The number of rotatable bonds is 3. The standard InChI is InChI=1S/C40H18F12N4/c41-37(42,43)22-4-8-26-27-9-5-23(38(44,45)46)14-31(27)55(30(26)13-22)34-18-54-19-35(36(34)21-3-1-2-20(12-21)17-53)56-32-15-24(39(47,48)49)6-10-28(32)29-11-7-25(16-33(29)56)40(50,51)52/h1-16,18-19H. The highest BCUT2D eigenvalue weighted by Gasteiger charge is 2.36. The molecular weight excluding hydrogens is 764 g/mol. The topological polar surface area (TPSA) is 46.5 Å². The van der Waals surface area contributed by atoms with Crippen LogP contribution >= 0.6 is 0 Å². The fourth-order valence-electron chi connectivity index (χ4n) is 7.08. The van der Waals surface area contributed by atoms with Crippen LogP contribution in [0.4, 0.5) is 52.7 Å². The molecule has 16 heteroatoms. The lowest BCUT2D eigenvalue weighted by molar-refractivity contribution is -0.138. The summed E-state index contributed by atoms with van der Waals surface area (Å²) in [4.78, 5) is 4.24. The van der Waals surface area contributed by atoms with Crippen molar-refractivity contribution in [3.63, 3.8) is 0 Å². The number of aromatic nitrogens is 3. The van der Waals surface area contributed by atoms with E-state index in [1.165, 1.54) is 24.3 Å². The number of nitriles is 1. The number of benzene rings is 5. The largest absolute Gasteiger partial charge is 0.416 e. The van der Waals surface area contributed by atoms with E-state index in [1.807, 2.05) is 6.07 Å². The molecule has 56 heavy (non-hydrogen) atoms. The van der Waals surface area contributed by atoms with E-state index >= 15 is 0 Å². The van der Waals surface area contributed by atoms with Gasteiger partial charge in [0.15, 0.2) is 0 Å². The molecule has 0 unspecified atom stereocenters. The van der Waals surface area contributed by atoms with Gasteiger partial charge in [-0.05, 0) is 66.2 Å². The summed E-state index contributed by atoms with van der Waals surface area (Å²) in [5, 5.41) is 10.2. The highest BCUT2D eigenvalue weighted by Crippen LogP contribution is 2.45. The van der Waals surface area contributed by atoms with Gasteiger partial charge in [0, 0.05) is 27.1 Å². The van der Waals surface area contributed by atoms with Crippen LogP contribution in [-0.4, -0.2) is 14.1 Å². The lowest BCUT2D eigenvalue weighted by Gasteiger charge is -2.20. The smallest absolute Gasteiger partial charge is 0.307 e. The van der Waals surface area contributed by atoms with Crippen LogP contribution in [0.3, 0.4) is 0 Å². The first-order valence-electron chi connectivity index (χ1n) is 16.2. The number of hydrogen-bond acceptors (Lipinski definition) is 2. The van der Waals surface area contributed by atoms with E-state index in [1.54, 1.807) is 0 Å². The van der Waals surface area contributed by atoms with Crippen LogP contribution in [-0.2, 0) is 24.7 Å². The van der Waals surface area contributed by atoms with Crippen molar-refractivity contribution in [2.75, 3.05) is 0 Å². The Bertz CT molecular complexity index is 2630. The van der Waals surface area contributed by atoms with Crippen molar-refractivity contribution in [2.45, 2.75) is 24.7 Å². The summed E-state index contributed by atoms with van der Waals surface area (Å²) in [7, 11) is 0. The van der Waals surface area contributed by atoms with Gasteiger partial charge >= 0.3 is 24.7 Å². The number of nitrogens with zero attached hydrogens (tertiary/aromatic N) is 4. The predicted octanol–water partition coefficient (Wildman–Crippen LogP) is 12.9. The summed E-state index contributed by atoms with van der Waals surface area (Å²) in [6, 6.07) is 17.7. The zero-order valence-electron chi connectivity index (χ0n) is 27.7. The molecule has 0 aliphatic heterocycles. The van der Waals surface area contributed by atoms with Gasteiger partial charge < -0.3 is 9.13 Å². The molecule has 8 aromatic rings. The van der Waals surface area contributed by atoms with Crippen LogP contribution < -0.4 is 0 Å². The van der Waals surface area contributed by atoms with E-state index in [4.69, 9.17) is 0 Å². The normalized spacial score (nSPS) is 13.0. The fraction of sp³-hybridized carbons (Fsp3) is 0.100. The van der Waals surface area contributed by atoms with E-state index in [-0.39, 0.29) is 71.7 Å². The molecule has 0 spiro atoms. The number of alkyl halides is 12. The van der Waals surface area contributed by atoms with Gasteiger partial charge in [0.2, 0.25) is 0 Å². The van der Waals surface area contributed by atoms with Gasteiger partial charge in [0.05, 0.1) is 79.7 Å². The van der Waals surface area contributed by atoms with Gasteiger partial charge in [-0.1, -0.05) is 36.4 Å². The Morgan fingerprint density at radius 3 is 1.09 bits per heavy atom. The Balaban J connectivity index is 1.59. The second kappa shape index (κ2) is 12.3. The maximum atomic E-state index is 14.2.